The minimum atomic E-state index is -5.01. The van der Waals surface area contributed by atoms with Crippen LogP contribution in [0.25, 0.3) is 0 Å². The maximum absolute atomic E-state index is 10.5. The SMILES string of the molecule is O=P(O)(O)OC1[C@H](O)C(O)C(O)[C@H](O)[C@@H]1O. The molecule has 1 rings (SSSR count). The van der Waals surface area contributed by atoms with Crippen molar-refractivity contribution in [3.8, 4) is 0 Å². The Balaban J connectivity index is 2.87. The van der Waals surface area contributed by atoms with Crippen LogP contribution in [0.5, 0.6) is 0 Å². The number of rotatable bonds is 2. The Kier molecular flexibility index (Phi) is 4.06. The molecule has 10 heteroatoms. The summed E-state index contributed by atoms with van der Waals surface area (Å²) in [7, 11) is -5.01. The van der Waals surface area contributed by atoms with Crippen LogP contribution in [-0.2, 0) is 9.09 Å². The van der Waals surface area contributed by atoms with Crippen molar-refractivity contribution < 1.29 is 44.4 Å². The molecule has 0 aliphatic heterocycles. The third-order valence-corrected chi connectivity index (χ3v) is 2.85. The third-order valence-electron chi connectivity index (χ3n) is 2.33. The second-order valence-corrected chi connectivity index (χ2v) is 4.71. The van der Waals surface area contributed by atoms with Crippen LogP contribution in [0.1, 0.15) is 0 Å². The number of aliphatic hydroxyl groups excluding tert-OH is 5. The maximum Gasteiger partial charge on any atom is 0.470 e. The van der Waals surface area contributed by atoms with Gasteiger partial charge in [-0.05, 0) is 0 Å². The summed E-state index contributed by atoms with van der Waals surface area (Å²) in [4.78, 5) is 17.0. The van der Waals surface area contributed by atoms with Gasteiger partial charge in [0.15, 0.2) is 0 Å². The van der Waals surface area contributed by atoms with Gasteiger partial charge in [0.2, 0.25) is 0 Å². The Bertz CT molecular complexity index is 274. The normalized spacial score (nSPS) is 45.7. The van der Waals surface area contributed by atoms with Crippen molar-refractivity contribution in [2.45, 2.75) is 36.6 Å². The number of hydrogen-bond acceptors (Lipinski definition) is 7. The van der Waals surface area contributed by atoms with E-state index >= 15 is 0 Å². The Hall–Kier alpha value is -0.0900. The third kappa shape index (κ3) is 2.77. The van der Waals surface area contributed by atoms with Gasteiger partial charge in [0, 0.05) is 0 Å². The van der Waals surface area contributed by atoms with Crippen LogP contribution in [0.15, 0.2) is 0 Å². The Morgan fingerprint density at radius 1 is 0.750 bits per heavy atom. The monoisotopic (exact) mass is 260 g/mol. The lowest BCUT2D eigenvalue weighted by atomic mass is 9.85. The minimum Gasteiger partial charge on any atom is -0.387 e. The second kappa shape index (κ2) is 4.65. The molecular formula is C6H13O9P. The highest BCUT2D eigenvalue weighted by atomic mass is 31.2. The number of aliphatic hydroxyl groups is 5. The van der Waals surface area contributed by atoms with Gasteiger partial charge in [-0.2, -0.15) is 0 Å². The number of phosphoric ester groups is 1. The average Bonchev–Trinajstić information content (AvgIpc) is 2.17. The summed E-state index contributed by atoms with van der Waals surface area (Å²) < 4.78 is 14.5. The summed E-state index contributed by atoms with van der Waals surface area (Å²) >= 11 is 0. The van der Waals surface area contributed by atoms with Crippen molar-refractivity contribution in [1.29, 1.82) is 0 Å². The van der Waals surface area contributed by atoms with E-state index in [2.05, 4.69) is 4.52 Å². The molecule has 0 aromatic rings. The first-order valence-electron chi connectivity index (χ1n) is 4.29. The fourth-order valence-corrected chi connectivity index (χ4v) is 2.05. The van der Waals surface area contributed by atoms with Crippen molar-refractivity contribution in [3.05, 3.63) is 0 Å². The van der Waals surface area contributed by atoms with Gasteiger partial charge in [0.25, 0.3) is 0 Å². The summed E-state index contributed by atoms with van der Waals surface area (Å²) in [6.45, 7) is 0. The topological polar surface area (TPSA) is 168 Å². The molecule has 1 saturated carbocycles. The van der Waals surface area contributed by atoms with Crippen LogP contribution < -0.4 is 0 Å². The molecule has 1 fully saturated rings. The Morgan fingerprint density at radius 2 is 1.06 bits per heavy atom. The lowest BCUT2D eigenvalue weighted by Crippen LogP contribution is -2.64. The Labute approximate surface area is 89.8 Å². The van der Waals surface area contributed by atoms with E-state index in [4.69, 9.17) is 14.9 Å². The first kappa shape index (κ1) is 14.0. The molecule has 7 N–H and O–H groups in total. The molecule has 16 heavy (non-hydrogen) atoms. The highest BCUT2D eigenvalue weighted by Crippen LogP contribution is 2.41. The van der Waals surface area contributed by atoms with Gasteiger partial charge < -0.3 is 35.3 Å². The van der Waals surface area contributed by atoms with Crippen LogP contribution in [0, 0.1) is 0 Å². The van der Waals surface area contributed by atoms with Crippen molar-refractivity contribution in [2.24, 2.45) is 0 Å². The average molecular weight is 260 g/mol. The van der Waals surface area contributed by atoms with E-state index in [0.29, 0.717) is 0 Å². The Morgan fingerprint density at radius 3 is 1.38 bits per heavy atom. The molecule has 0 heterocycles. The van der Waals surface area contributed by atoms with Crippen molar-refractivity contribution in [1.82, 2.24) is 0 Å². The molecule has 6 atom stereocenters. The number of hydrogen-bond donors (Lipinski definition) is 7. The van der Waals surface area contributed by atoms with Gasteiger partial charge in [0.1, 0.15) is 36.6 Å². The molecule has 1 aliphatic rings. The zero-order valence-electron chi connectivity index (χ0n) is 7.86. The van der Waals surface area contributed by atoms with Crippen LogP contribution in [0.4, 0.5) is 0 Å². The summed E-state index contributed by atoms with van der Waals surface area (Å²) in [5.41, 5.74) is 0. The molecule has 9 nitrogen and oxygen atoms in total. The zero-order chi connectivity index (χ0) is 12.7. The van der Waals surface area contributed by atoms with Crippen LogP contribution in [0.3, 0.4) is 0 Å². The molecule has 1 aliphatic carbocycles. The van der Waals surface area contributed by atoms with Gasteiger partial charge in [-0.25, -0.2) is 4.57 Å². The van der Waals surface area contributed by atoms with Crippen LogP contribution >= 0.6 is 7.82 Å². The molecule has 0 spiro atoms. The standard InChI is InChI=1S/C6H13O9P/c7-1-2(8)4(10)6(5(11)3(1)9)15-16(12,13)14/h1-11H,(H2,12,13,14)/t1?,2-,3?,4-,5+,6?/m0/s1. The fraction of sp³-hybridized carbons (Fsp3) is 1.00. The lowest BCUT2D eigenvalue weighted by Gasteiger charge is -2.41. The van der Waals surface area contributed by atoms with E-state index in [1.807, 2.05) is 0 Å². The fourth-order valence-electron chi connectivity index (χ4n) is 1.48. The molecule has 0 aromatic heterocycles. The maximum atomic E-state index is 10.5. The first-order chi connectivity index (χ1) is 7.15. The van der Waals surface area contributed by atoms with E-state index in [0.717, 1.165) is 0 Å². The van der Waals surface area contributed by atoms with E-state index in [1.165, 1.54) is 0 Å². The molecule has 0 aromatic carbocycles. The van der Waals surface area contributed by atoms with E-state index in [9.17, 15) is 25.0 Å². The van der Waals surface area contributed by atoms with Crippen LogP contribution in [0.2, 0.25) is 0 Å². The van der Waals surface area contributed by atoms with Crippen molar-refractivity contribution in [2.75, 3.05) is 0 Å². The predicted octanol–water partition coefficient (Wildman–Crippen LogP) is -3.72. The lowest BCUT2D eigenvalue weighted by molar-refractivity contribution is -0.219. The largest absolute Gasteiger partial charge is 0.470 e. The van der Waals surface area contributed by atoms with E-state index in [-0.39, 0.29) is 0 Å². The number of phosphoric acid groups is 1. The van der Waals surface area contributed by atoms with Crippen LogP contribution in [-0.4, -0.2) is 71.9 Å². The van der Waals surface area contributed by atoms with E-state index in [1.54, 1.807) is 0 Å². The quantitative estimate of drug-likeness (QED) is 0.247. The highest BCUT2D eigenvalue weighted by Gasteiger charge is 2.50. The molecule has 0 radical (unpaired) electrons. The van der Waals surface area contributed by atoms with Gasteiger partial charge >= 0.3 is 7.82 Å². The summed E-state index contributed by atoms with van der Waals surface area (Å²) in [5, 5.41) is 46.1. The molecule has 0 bridgehead atoms. The highest BCUT2D eigenvalue weighted by molar-refractivity contribution is 7.46. The van der Waals surface area contributed by atoms with Crippen molar-refractivity contribution in [3.63, 3.8) is 0 Å². The smallest absolute Gasteiger partial charge is 0.387 e. The molecular weight excluding hydrogens is 247 g/mol. The van der Waals surface area contributed by atoms with Gasteiger partial charge in [0.05, 0.1) is 0 Å². The predicted molar refractivity (Wildman–Crippen MR) is 47.0 cm³/mol. The summed E-state index contributed by atoms with van der Waals surface area (Å²) in [5.74, 6) is 0. The molecule has 3 unspecified atom stereocenters. The van der Waals surface area contributed by atoms with Gasteiger partial charge in [-0.15, -0.1) is 0 Å². The van der Waals surface area contributed by atoms with E-state index < -0.39 is 44.4 Å². The first-order valence-corrected chi connectivity index (χ1v) is 5.82. The molecule has 0 saturated heterocycles. The summed E-state index contributed by atoms with van der Waals surface area (Å²) in [6, 6.07) is 0. The van der Waals surface area contributed by atoms with Gasteiger partial charge in [-0.1, -0.05) is 0 Å². The van der Waals surface area contributed by atoms with Gasteiger partial charge in [-0.3, -0.25) is 4.52 Å². The zero-order valence-corrected chi connectivity index (χ0v) is 8.75. The minimum absolute atomic E-state index is 1.83. The summed E-state index contributed by atoms with van der Waals surface area (Å²) in [6.07, 6.45) is -11.3. The molecule has 96 valence electrons. The van der Waals surface area contributed by atoms with Crippen molar-refractivity contribution >= 4 is 7.82 Å². The molecule has 0 amide bonds. The second-order valence-electron chi connectivity index (χ2n) is 3.51.